The van der Waals surface area contributed by atoms with Crippen molar-refractivity contribution in [2.24, 2.45) is 12.9 Å². The lowest BCUT2D eigenvalue weighted by molar-refractivity contribution is 0.573. The molecule has 1 unspecified atom stereocenters. The maximum Gasteiger partial charge on any atom is 0.131 e. The van der Waals surface area contributed by atoms with Gasteiger partial charge >= 0.3 is 0 Å². The van der Waals surface area contributed by atoms with Crippen molar-refractivity contribution in [2.45, 2.75) is 10.9 Å². The Kier molecular flexibility index (Phi) is 3.83. The van der Waals surface area contributed by atoms with Gasteiger partial charge in [0.25, 0.3) is 0 Å². The Morgan fingerprint density at radius 1 is 1.41 bits per heavy atom. The van der Waals surface area contributed by atoms with Crippen molar-refractivity contribution in [3.8, 4) is 0 Å². The molecule has 0 fully saturated rings. The van der Waals surface area contributed by atoms with Crippen molar-refractivity contribution in [3.05, 3.63) is 48.0 Å². The van der Waals surface area contributed by atoms with Crippen LogP contribution in [0.25, 0.3) is 0 Å². The van der Waals surface area contributed by atoms with Crippen LogP contribution < -0.4 is 11.3 Å². The molecule has 0 saturated carbocycles. The molecule has 0 amide bonds. The van der Waals surface area contributed by atoms with Crippen LogP contribution >= 0.6 is 11.8 Å². The second-order valence-electron chi connectivity index (χ2n) is 3.74. The van der Waals surface area contributed by atoms with E-state index < -0.39 is 0 Å². The fourth-order valence-corrected chi connectivity index (χ4v) is 2.50. The Bertz CT molecular complexity index is 495. The molecule has 1 atom stereocenters. The number of nitrogens with zero attached hydrogens (tertiary/aromatic N) is 2. The van der Waals surface area contributed by atoms with E-state index in [1.807, 2.05) is 29.9 Å². The number of rotatable bonds is 4. The highest BCUT2D eigenvalue weighted by molar-refractivity contribution is 7.98. The van der Waals surface area contributed by atoms with Crippen molar-refractivity contribution >= 4 is 11.8 Å². The third-order valence-electron chi connectivity index (χ3n) is 2.73. The van der Waals surface area contributed by atoms with Crippen LogP contribution in [0.2, 0.25) is 0 Å². The molecule has 0 saturated heterocycles. The van der Waals surface area contributed by atoms with E-state index in [-0.39, 0.29) is 6.04 Å². The largest absolute Gasteiger partial charge is 0.336 e. The number of hydrogen-bond acceptors (Lipinski definition) is 4. The number of nitrogens with one attached hydrogen (secondary N) is 1. The van der Waals surface area contributed by atoms with Gasteiger partial charge in [-0.1, -0.05) is 18.2 Å². The maximum atomic E-state index is 5.68. The molecule has 17 heavy (non-hydrogen) atoms. The van der Waals surface area contributed by atoms with E-state index in [4.69, 9.17) is 5.84 Å². The predicted molar refractivity (Wildman–Crippen MR) is 70.6 cm³/mol. The van der Waals surface area contributed by atoms with Gasteiger partial charge in [-0.2, -0.15) is 0 Å². The van der Waals surface area contributed by atoms with Crippen molar-refractivity contribution in [1.82, 2.24) is 15.0 Å². The number of hydrogen-bond donors (Lipinski definition) is 2. The molecule has 0 bridgehead atoms. The van der Waals surface area contributed by atoms with Crippen molar-refractivity contribution in [3.63, 3.8) is 0 Å². The van der Waals surface area contributed by atoms with E-state index in [0.29, 0.717) is 0 Å². The Hall–Kier alpha value is -1.30. The highest BCUT2D eigenvalue weighted by Crippen LogP contribution is 2.28. The summed E-state index contributed by atoms with van der Waals surface area (Å²) in [5.74, 6) is 6.59. The Morgan fingerprint density at radius 2 is 2.18 bits per heavy atom. The lowest BCUT2D eigenvalue weighted by Gasteiger charge is -2.18. The van der Waals surface area contributed by atoms with Crippen molar-refractivity contribution in [1.29, 1.82) is 0 Å². The molecule has 1 heterocycles. The first-order chi connectivity index (χ1) is 8.27. The number of benzene rings is 1. The van der Waals surface area contributed by atoms with Crippen molar-refractivity contribution < 1.29 is 0 Å². The van der Waals surface area contributed by atoms with Crippen LogP contribution in [0, 0.1) is 0 Å². The van der Waals surface area contributed by atoms with Gasteiger partial charge in [-0.15, -0.1) is 11.8 Å². The van der Waals surface area contributed by atoms with E-state index in [9.17, 15) is 0 Å². The Labute approximate surface area is 105 Å². The van der Waals surface area contributed by atoms with Crippen LogP contribution in [-0.4, -0.2) is 15.8 Å². The highest BCUT2D eigenvalue weighted by Gasteiger charge is 2.19. The molecule has 1 aromatic carbocycles. The number of aromatic nitrogens is 2. The maximum absolute atomic E-state index is 5.68. The third kappa shape index (κ3) is 2.36. The third-order valence-corrected chi connectivity index (χ3v) is 3.54. The average molecular weight is 248 g/mol. The summed E-state index contributed by atoms with van der Waals surface area (Å²) in [5, 5.41) is 0. The van der Waals surface area contributed by atoms with E-state index in [1.54, 1.807) is 18.0 Å². The van der Waals surface area contributed by atoms with Crippen molar-refractivity contribution in [2.75, 3.05) is 6.26 Å². The number of nitrogens with two attached hydrogens (primary N) is 1. The second kappa shape index (κ2) is 5.35. The van der Waals surface area contributed by atoms with E-state index in [1.165, 1.54) is 4.90 Å². The molecule has 5 heteroatoms. The molecule has 90 valence electrons. The molecule has 0 aliphatic heterocycles. The topological polar surface area (TPSA) is 55.9 Å². The SMILES string of the molecule is CSc1ccccc1C(NN)c1nccn1C. The Balaban J connectivity index is 2.46. The van der Waals surface area contributed by atoms with Gasteiger partial charge in [-0.3, -0.25) is 5.84 Å². The number of imidazole rings is 1. The molecule has 0 radical (unpaired) electrons. The van der Waals surface area contributed by atoms with Crippen LogP contribution in [0.4, 0.5) is 0 Å². The van der Waals surface area contributed by atoms with Gasteiger partial charge in [0.15, 0.2) is 0 Å². The highest BCUT2D eigenvalue weighted by atomic mass is 32.2. The molecule has 0 aliphatic rings. The van der Waals surface area contributed by atoms with Crippen LogP contribution in [0.15, 0.2) is 41.6 Å². The summed E-state index contributed by atoms with van der Waals surface area (Å²) in [4.78, 5) is 5.56. The van der Waals surface area contributed by atoms with Gasteiger partial charge in [0.1, 0.15) is 11.9 Å². The molecular formula is C12H16N4S. The monoisotopic (exact) mass is 248 g/mol. The first kappa shape index (κ1) is 12.2. The fraction of sp³-hybridized carbons (Fsp3) is 0.250. The molecule has 1 aromatic heterocycles. The zero-order valence-corrected chi connectivity index (χ0v) is 10.7. The molecule has 0 aliphatic carbocycles. The summed E-state index contributed by atoms with van der Waals surface area (Å²) < 4.78 is 1.97. The smallest absolute Gasteiger partial charge is 0.131 e. The lowest BCUT2D eigenvalue weighted by atomic mass is 10.1. The van der Waals surface area contributed by atoms with Gasteiger partial charge < -0.3 is 4.57 Å². The molecular weight excluding hydrogens is 232 g/mol. The van der Waals surface area contributed by atoms with Gasteiger partial charge in [0.2, 0.25) is 0 Å². The van der Waals surface area contributed by atoms with Crippen LogP contribution in [0.1, 0.15) is 17.4 Å². The number of aryl methyl sites for hydroxylation is 1. The lowest BCUT2D eigenvalue weighted by Crippen LogP contribution is -2.31. The van der Waals surface area contributed by atoms with Gasteiger partial charge in [-0.05, 0) is 17.9 Å². The molecule has 2 aromatic rings. The summed E-state index contributed by atoms with van der Waals surface area (Å²) >= 11 is 1.71. The fourth-order valence-electron chi connectivity index (χ4n) is 1.86. The average Bonchev–Trinajstić information content (AvgIpc) is 2.78. The predicted octanol–water partition coefficient (Wildman–Crippen LogP) is 1.69. The zero-order valence-electron chi connectivity index (χ0n) is 9.92. The van der Waals surface area contributed by atoms with Crippen LogP contribution in [-0.2, 0) is 7.05 Å². The van der Waals surface area contributed by atoms with E-state index in [0.717, 1.165) is 11.4 Å². The number of hydrazine groups is 1. The summed E-state index contributed by atoms with van der Waals surface area (Å²) in [6.45, 7) is 0. The van der Waals surface area contributed by atoms with Gasteiger partial charge in [0.05, 0.1) is 0 Å². The molecule has 4 nitrogen and oxygen atoms in total. The van der Waals surface area contributed by atoms with E-state index in [2.05, 4.69) is 28.8 Å². The van der Waals surface area contributed by atoms with Gasteiger partial charge in [0, 0.05) is 24.3 Å². The zero-order chi connectivity index (χ0) is 12.3. The van der Waals surface area contributed by atoms with Crippen LogP contribution in [0.3, 0.4) is 0 Å². The van der Waals surface area contributed by atoms with Gasteiger partial charge in [-0.25, -0.2) is 10.4 Å². The minimum atomic E-state index is -0.0846. The standard InChI is InChI=1S/C12H16N4S/c1-16-8-7-14-12(16)11(15-13)9-5-3-4-6-10(9)17-2/h3-8,11,15H,13H2,1-2H3. The van der Waals surface area contributed by atoms with Crippen LogP contribution in [0.5, 0.6) is 0 Å². The molecule has 3 N–H and O–H groups in total. The quantitative estimate of drug-likeness (QED) is 0.491. The second-order valence-corrected chi connectivity index (χ2v) is 4.59. The summed E-state index contributed by atoms with van der Waals surface area (Å²) in [7, 11) is 1.97. The summed E-state index contributed by atoms with van der Waals surface area (Å²) in [5.41, 5.74) is 3.99. The summed E-state index contributed by atoms with van der Waals surface area (Å²) in [6.07, 6.45) is 5.76. The molecule has 2 rings (SSSR count). The Morgan fingerprint density at radius 3 is 2.76 bits per heavy atom. The normalized spacial score (nSPS) is 12.6. The first-order valence-corrected chi connectivity index (χ1v) is 6.56. The minimum Gasteiger partial charge on any atom is -0.336 e. The molecule has 0 spiro atoms. The van der Waals surface area contributed by atoms with E-state index >= 15 is 0 Å². The number of thioether (sulfide) groups is 1. The minimum absolute atomic E-state index is 0.0846. The first-order valence-electron chi connectivity index (χ1n) is 5.34. The summed E-state index contributed by atoms with van der Waals surface area (Å²) in [6, 6.07) is 8.13.